The van der Waals surface area contributed by atoms with Crippen molar-refractivity contribution in [1.82, 2.24) is 29.4 Å². The molecule has 2 saturated heterocycles. The van der Waals surface area contributed by atoms with E-state index in [-0.39, 0.29) is 48.3 Å². The molecule has 0 aliphatic carbocycles. The molecule has 5 rings (SSSR count). The maximum absolute atomic E-state index is 14.3. The third kappa shape index (κ3) is 8.43. The lowest BCUT2D eigenvalue weighted by Crippen LogP contribution is -2.48. The van der Waals surface area contributed by atoms with Crippen molar-refractivity contribution in [2.45, 2.75) is 39.4 Å². The summed E-state index contributed by atoms with van der Waals surface area (Å²) >= 11 is 0. The van der Waals surface area contributed by atoms with Gasteiger partial charge in [-0.1, -0.05) is 6.08 Å². The minimum atomic E-state index is -4.80. The average molecular weight is 659 g/mol. The quantitative estimate of drug-likeness (QED) is 0.321. The number of piperazine rings is 1. The molecule has 5 heterocycles. The number of ketones is 1. The maximum atomic E-state index is 14.3. The van der Waals surface area contributed by atoms with Crippen LogP contribution in [-0.2, 0) is 31.8 Å². The van der Waals surface area contributed by atoms with Gasteiger partial charge in [-0.05, 0) is 37.6 Å². The number of hydrogen-bond acceptors (Lipinski definition) is 10. The van der Waals surface area contributed by atoms with E-state index in [2.05, 4.69) is 25.3 Å². The zero-order valence-electron chi connectivity index (χ0n) is 26.3. The van der Waals surface area contributed by atoms with Crippen LogP contribution in [-0.4, -0.2) is 106 Å². The summed E-state index contributed by atoms with van der Waals surface area (Å²) in [6.07, 6.45) is 0.543. The maximum Gasteiger partial charge on any atom is 0.417 e. The fourth-order valence-electron chi connectivity index (χ4n) is 5.53. The fraction of sp³-hybridized carbons (Fsp3) is 0.484. The third-order valence-corrected chi connectivity index (χ3v) is 7.84. The van der Waals surface area contributed by atoms with Gasteiger partial charge in [-0.25, -0.2) is 19.3 Å². The Morgan fingerprint density at radius 2 is 1.81 bits per heavy atom. The van der Waals surface area contributed by atoms with Crippen molar-refractivity contribution in [2.75, 3.05) is 69.3 Å². The van der Waals surface area contributed by atoms with E-state index < -0.39 is 17.8 Å². The van der Waals surface area contributed by atoms with Crippen LogP contribution >= 0.6 is 0 Å². The van der Waals surface area contributed by atoms with Gasteiger partial charge in [-0.15, -0.1) is 5.10 Å². The number of morpholine rings is 1. The number of ether oxygens (including phenoxy) is 2. The monoisotopic (exact) mass is 658 g/mol. The summed E-state index contributed by atoms with van der Waals surface area (Å²) in [6.45, 7) is 8.10. The standard InChI is InChI=1S/C31H37F3N8O5/c1-3-5-22(43)6-7-27(44)40-10-8-39(9-11-40)19-21-16-25-29(41-12-14-46-15-13-41)37-28(38-42(25)20-21)23-18-35-26(36-30(45)47-4-2)17-24(23)31(32,33)34/h3,5,16-18,20H,4,6-15,19H2,1-2H3,(H,35,36,45)/b5-3-. The SMILES string of the molecule is C/C=C\C(=O)CCC(=O)N1CCN(Cc2cc3c(N4CCOCC4)nc(-c4cnc(NC(=O)OCC)cc4C(F)(F)F)nn3c2)CC1. The fourth-order valence-corrected chi connectivity index (χ4v) is 5.53. The van der Waals surface area contributed by atoms with E-state index in [1.165, 1.54) is 10.6 Å². The van der Waals surface area contributed by atoms with Gasteiger partial charge in [-0.2, -0.15) is 13.2 Å². The van der Waals surface area contributed by atoms with Crippen LogP contribution in [0, 0.1) is 0 Å². The van der Waals surface area contributed by atoms with Crippen LogP contribution in [0.5, 0.6) is 0 Å². The Labute approximate surface area is 269 Å². The van der Waals surface area contributed by atoms with Crippen LogP contribution in [0.2, 0.25) is 0 Å². The van der Waals surface area contributed by atoms with Crippen molar-refractivity contribution >= 4 is 34.9 Å². The van der Waals surface area contributed by atoms with E-state index in [1.807, 2.05) is 11.0 Å². The molecule has 2 fully saturated rings. The first-order valence-electron chi connectivity index (χ1n) is 15.4. The van der Waals surface area contributed by atoms with E-state index in [1.54, 1.807) is 31.0 Å². The Balaban J connectivity index is 1.39. The molecule has 13 nitrogen and oxygen atoms in total. The topological polar surface area (TPSA) is 134 Å². The molecule has 2 aliphatic heterocycles. The van der Waals surface area contributed by atoms with Crippen molar-refractivity contribution in [1.29, 1.82) is 0 Å². The molecule has 3 aromatic rings. The molecule has 2 amide bonds. The zero-order chi connectivity index (χ0) is 33.6. The highest BCUT2D eigenvalue weighted by molar-refractivity contribution is 5.92. The number of alkyl halides is 3. The second-order valence-corrected chi connectivity index (χ2v) is 11.1. The molecule has 252 valence electrons. The van der Waals surface area contributed by atoms with Crippen molar-refractivity contribution in [3.8, 4) is 11.4 Å². The molecule has 0 radical (unpaired) electrons. The minimum Gasteiger partial charge on any atom is -0.450 e. The zero-order valence-corrected chi connectivity index (χ0v) is 26.3. The van der Waals surface area contributed by atoms with Crippen LogP contribution in [0.1, 0.15) is 37.8 Å². The van der Waals surface area contributed by atoms with Gasteiger partial charge in [0.15, 0.2) is 17.4 Å². The van der Waals surface area contributed by atoms with Crippen molar-refractivity contribution in [3.63, 3.8) is 0 Å². The highest BCUT2D eigenvalue weighted by atomic mass is 19.4. The van der Waals surface area contributed by atoms with Crippen LogP contribution in [0.3, 0.4) is 0 Å². The van der Waals surface area contributed by atoms with Gasteiger partial charge in [0.1, 0.15) is 11.3 Å². The second-order valence-electron chi connectivity index (χ2n) is 11.1. The van der Waals surface area contributed by atoms with Gasteiger partial charge in [-0.3, -0.25) is 19.8 Å². The number of nitrogens with one attached hydrogen (secondary N) is 1. The van der Waals surface area contributed by atoms with E-state index in [9.17, 15) is 27.6 Å². The summed E-state index contributed by atoms with van der Waals surface area (Å²) in [5.41, 5.74) is 0.113. The molecular formula is C31H37F3N8O5. The molecule has 3 aromatic heterocycles. The average Bonchev–Trinajstić information content (AvgIpc) is 3.46. The third-order valence-electron chi connectivity index (χ3n) is 7.84. The number of nitrogens with zero attached hydrogens (tertiary/aromatic N) is 7. The molecule has 16 heteroatoms. The van der Waals surface area contributed by atoms with E-state index >= 15 is 0 Å². The number of halogens is 3. The van der Waals surface area contributed by atoms with E-state index in [0.29, 0.717) is 70.4 Å². The molecule has 47 heavy (non-hydrogen) atoms. The number of allylic oxidation sites excluding steroid dienone is 2. The summed E-state index contributed by atoms with van der Waals surface area (Å²) in [4.78, 5) is 50.7. The number of carbonyl (C=O) groups excluding carboxylic acids is 3. The molecule has 2 aliphatic rings. The van der Waals surface area contributed by atoms with Gasteiger partial charge < -0.3 is 19.3 Å². The number of hydrogen-bond donors (Lipinski definition) is 1. The highest BCUT2D eigenvalue weighted by Gasteiger charge is 2.36. The Morgan fingerprint density at radius 1 is 1.06 bits per heavy atom. The van der Waals surface area contributed by atoms with Crippen molar-refractivity contribution in [2.24, 2.45) is 0 Å². The molecule has 1 N–H and O–H groups in total. The molecule has 0 atom stereocenters. The van der Waals surface area contributed by atoms with Gasteiger partial charge >= 0.3 is 12.3 Å². The summed E-state index contributed by atoms with van der Waals surface area (Å²) in [7, 11) is 0. The van der Waals surface area contributed by atoms with E-state index in [0.717, 1.165) is 17.8 Å². The first kappa shape index (κ1) is 33.8. The summed E-state index contributed by atoms with van der Waals surface area (Å²) < 4.78 is 54.7. The Bertz CT molecular complexity index is 1630. The summed E-state index contributed by atoms with van der Waals surface area (Å²) in [5, 5.41) is 6.69. The van der Waals surface area contributed by atoms with Crippen LogP contribution in [0.25, 0.3) is 16.9 Å². The summed E-state index contributed by atoms with van der Waals surface area (Å²) in [6, 6.07) is 2.66. The number of pyridine rings is 1. The lowest BCUT2D eigenvalue weighted by atomic mass is 10.1. The molecule has 0 saturated carbocycles. The lowest BCUT2D eigenvalue weighted by molar-refractivity contribution is -0.137. The second kappa shape index (κ2) is 14.9. The normalized spacial score (nSPS) is 16.2. The predicted octanol–water partition coefficient (Wildman–Crippen LogP) is 3.78. The molecular weight excluding hydrogens is 621 g/mol. The number of amides is 2. The predicted molar refractivity (Wildman–Crippen MR) is 166 cm³/mol. The largest absolute Gasteiger partial charge is 0.450 e. The number of fused-ring (bicyclic) bond motifs is 1. The first-order valence-corrected chi connectivity index (χ1v) is 15.4. The molecule has 0 spiro atoms. The van der Waals surface area contributed by atoms with Crippen LogP contribution < -0.4 is 10.2 Å². The number of aromatic nitrogens is 4. The Morgan fingerprint density at radius 3 is 2.49 bits per heavy atom. The van der Waals surface area contributed by atoms with Gasteiger partial charge in [0.2, 0.25) is 5.91 Å². The molecule has 0 bridgehead atoms. The molecule has 0 aromatic carbocycles. The van der Waals surface area contributed by atoms with Gasteiger partial charge in [0.05, 0.1) is 30.9 Å². The van der Waals surface area contributed by atoms with Crippen LogP contribution in [0.4, 0.5) is 29.6 Å². The lowest BCUT2D eigenvalue weighted by Gasteiger charge is -2.34. The first-order chi connectivity index (χ1) is 22.5. The van der Waals surface area contributed by atoms with Crippen molar-refractivity contribution < 1.29 is 37.0 Å². The Kier molecular flexibility index (Phi) is 10.7. The number of rotatable bonds is 10. The van der Waals surface area contributed by atoms with Gasteiger partial charge in [0, 0.05) is 71.0 Å². The van der Waals surface area contributed by atoms with E-state index in [4.69, 9.17) is 9.47 Å². The Hall–Kier alpha value is -4.57. The van der Waals surface area contributed by atoms with Gasteiger partial charge in [0.25, 0.3) is 0 Å². The molecule has 0 unspecified atom stereocenters. The summed E-state index contributed by atoms with van der Waals surface area (Å²) in [5.74, 6) is -0.150. The smallest absolute Gasteiger partial charge is 0.417 e. The number of carbonyl (C=O) groups is 3. The van der Waals surface area contributed by atoms with Crippen LogP contribution in [0.15, 0.2) is 36.7 Å². The minimum absolute atomic E-state index is 0.0451. The number of anilines is 2. The van der Waals surface area contributed by atoms with Crippen molar-refractivity contribution in [3.05, 3.63) is 47.8 Å². The highest BCUT2D eigenvalue weighted by Crippen LogP contribution is 2.38.